The van der Waals surface area contributed by atoms with E-state index in [1.54, 1.807) is 32.5 Å². The fraction of sp³-hybridized carbons (Fsp3) is 0.389. The Morgan fingerprint density at radius 3 is 2.96 bits per heavy atom. The van der Waals surface area contributed by atoms with E-state index in [-0.39, 0.29) is 5.75 Å². The number of hydrogen-bond donors (Lipinski definition) is 1. The van der Waals surface area contributed by atoms with Crippen LogP contribution >= 0.6 is 0 Å². The van der Waals surface area contributed by atoms with Gasteiger partial charge in [0.2, 0.25) is 5.88 Å². The van der Waals surface area contributed by atoms with E-state index in [0.717, 1.165) is 22.6 Å². The van der Waals surface area contributed by atoms with Gasteiger partial charge in [-0.1, -0.05) is 0 Å². The number of aromatic nitrogens is 4. The van der Waals surface area contributed by atoms with Crippen molar-refractivity contribution in [1.82, 2.24) is 25.0 Å². The first kappa shape index (κ1) is 18.8. The smallest absolute Gasteiger partial charge is 0.215 e. The lowest BCUT2D eigenvalue weighted by molar-refractivity contribution is -0.0572. The number of rotatable bonds is 7. The molecule has 0 spiro atoms. The van der Waals surface area contributed by atoms with Crippen LogP contribution in [0.25, 0.3) is 11.2 Å². The van der Waals surface area contributed by atoms with E-state index in [0.29, 0.717) is 41.9 Å². The molecule has 4 heterocycles. The molecule has 9 nitrogen and oxygen atoms in total. The molecule has 1 aliphatic rings. The summed E-state index contributed by atoms with van der Waals surface area (Å²) in [6.07, 6.45) is 1.78. The maximum atomic E-state index is 12.8. The summed E-state index contributed by atoms with van der Waals surface area (Å²) in [5.74, 6) is 1.48. The van der Waals surface area contributed by atoms with Crippen molar-refractivity contribution in [2.24, 2.45) is 0 Å². The summed E-state index contributed by atoms with van der Waals surface area (Å²) in [6, 6.07) is 3.53. The van der Waals surface area contributed by atoms with E-state index in [9.17, 15) is 4.21 Å². The summed E-state index contributed by atoms with van der Waals surface area (Å²) in [7, 11) is 1.81. The Bertz CT molecular complexity index is 1040. The molecule has 1 unspecified atom stereocenters. The first-order chi connectivity index (χ1) is 13.6. The van der Waals surface area contributed by atoms with Gasteiger partial charge in [0.05, 0.1) is 54.6 Å². The van der Waals surface area contributed by atoms with Crippen molar-refractivity contribution >= 4 is 22.0 Å². The van der Waals surface area contributed by atoms with Crippen molar-refractivity contribution in [3.63, 3.8) is 0 Å². The van der Waals surface area contributed by atoms with Crippen LogP contribution in [0.2, 0.25) is 0 Å². The molecule has 148 valence electrons. The number of hydroxylamine groups is 2. The number of ether oxygens (including phenoxy) is 2. The molecule has 28 heavy (non-hydrogen) atoms. The van der Waals surface area contributed by atoms with Crippen LogP contribution in [0, 0.1) is 6.92 Å². The van der Waals surface area contributed by atoms with Crippen LogP contribution in [0.4, 0.5) is 0 Å². The van der Waals surface area contributed by atoms with Crippen molar-refractivity contribution in [3.05, 3.63) is 35.2 Å². The van der Waals surface area contributed by atoms with Gasteiger partial charge in [-0.25, -0.2) is 4.98 Å². The molecule has 1 aliphatic heterocycles. The molecule has 4 rings (SSSR count). The van der Waals surface area contributed by atoms with Crippen LogP contribution < -0.4 is 9.57 Å². The molecular weight excluding hydrogens is 382 g/mol. The van der Waals surface area contributed by atoms with E-state index in [2.05, 4.69) is 19.9 Å². The SMILES string of the molecule is COCCN1Cc2cnc(CS(=O)c3nc4nc(OC)ccc4[nH]3)c(C)c2O1. The molecule has 1 N–H and O–H groups in total. The summed E-state index contributed by atoms with van der Waals surface area (Å²) in [6.45, 7) is 3.85. The fourth-order valence-electron chi connectivity index (χ4n) is 3.00. The minimum atomic E-state index is -1.40. The Kier molecular flexibility index (Phi) is 5.25. The molecule has 0 amide bonds. The zero-order valence-electron chi connectivity index (χ0n) is 15.9. The van der Waals surface area contributed by atoms with E-state index in [1.807, 2.05) is 12.0 Å². The summed E-state index contributed by atoms with van der Waals surface area (Å²) in [4.78, 5) is 22.1. The molecule has 0 bridgehead atoms. The van der Waals surface area contributed by atoms with Gasteiger partial charge >= 0.3 is 0 Å². The zero-order valence-corrected chi connectivity index (χ0v) is 16.7. The maximum absolute atomic E-state index is 12.8. The second kappa shape index (κ2) is 7.82. The average molecular weight is 403 g/mol. The molecular formula is C18H21N5O4S. The van der Waals surface area contributed by atoms with Gasteiger partial charge in [0.1, 0.15) is 0 Å². The standard InChI is InChI=1S/C18H21N5O4S/c1-11-14(19-8-12-9-23(6-7-25-2)27-16(11)12)10-28(24)18-20-13-4-5-15(26-3)21-17(13)22-18/h4-5,8H,6-7,9-10H2,1-3H3,(H,20,21,22). The highest BCUT2D eigenvalue weighted by atomic mass is 32.2. The third-order valence-corrected chi connectivity index (χ3v) is 5.70. The third-order valence-electron chi connectivity index (χ3n) is 4.54. The molecule has 1 atom stereocenters. The molecule has 10 heteroatoms. The van der Waals surface area contributed by atoms with E-state index >= 15 is 0 Å². The van der Waals surface area contributed by atoms with Gasteiger partial charge in [0.25, 0.3) is 0 Å². The van der Waals surface area contributed by atoms with Crippen LogP contribution in [0.5, 0.6) is 11.6 Å². The van der Waals surface area contributed by atoms with Gasteiger partial charge in [0.15, 0.2) is 16.6 Å². The Hall–Kier alpha value is -2.56. The van der Waals surface area contributed by atoms with Crippen LogP contribution in [0.3, 0.4) is 0 Å². The molecule has 0 saturated carbocycles. The highest BCUT2D eigenvalue weighted by Crippen LogP contribution is 2.33. The van der Waals surface area contributed by atoms with Gasteiger partial charge in [-0.2, -0.15) is 4.98 Å². The van der Waals surface area contributed by atoms with E-state index < -0.39 is 10.8 Å². The number of H-pyrrole nitrogens is 1. The van der Waals surface area contributed by atoms with Gasteiger partial charge in [-0.05, 0) is 13.0 Å². The van der Waals surface area contributed by atoms with Gasteiger partial charge in [0, 0.05) is 30.5 Å². The Balaban J connectivity index is 1.53. The number of aromatic amines is 1. The number of imidazole rings is 1. The first-order valence-electron chi connectivity index (χ1n) is 8.77. The predicted octanol–water partition coefficient (Wildman–Crippen LogP) is 1.73. The lowest BCUT2D eigenvalue weighted by Gasteiger charge is -2.14. The average Bonchev–Trinajstić information content (AvgIpc) is 3.32. The first-order valence-corrected chi connectivity index (χ1v) is 10.1. The van der Waals surface area contributed by atoms with E-state index in [1.165, 1.54) is 0 Å². The predicted molar refractivity (Wildman–Crippen MR) is 102 cm³/mol. The largest absolute Gasteiger partial charge is 0.481 e. The normalized spacial score (nSPS) is 14.8. The number of fused-ring (bicyclic) bond motifs is 2. The fourth-order valence-corrected chi connectivity index (χ4v) is 4.09. The monoisotopic (exact) mass is 403 g/mol. The Morgan fingerprint density at radius 1 is 1.32 bits per heavy atom. The van der Waals surface area contributed by atoms with Crippen LogP contribution in [0.1, 0.15) is 16.8 Å². The Labute approximate surface area is 164 Å². The van der Waals surface area contributed by atoms with Crippen molar-refractivity contribution in [2.45, 2.75) is 24.4 Å². The van der Waals surface area contributed by atoms with Crippen LogP contribution in [-0.2, 0) is 27.8 Å². The third kappa shape index (κ3) is 3.58. The second-order valence-electron chi connectivity index (χ2n) is 6.39. The summed E-state index contributed by atoms with van der Waals surface area (Å²) >= 11 is 0. The molecule has 0 aromatic carbocycles. The number of methoxy groups -OCH3 is 2. The quantitative estimate of drug-likeness (QED) is 0.636. The zero-order chi connectivity index (χ0) is 19.7. The molecule has 3 aromatic heterocycles. The van der Waals surface area contributed by atoms with Crippen molar-refractivity contribution in [1.29, 1.82) is 0 Å². The van der Waals surface area contributed by atoms with E-state index in [4.69, 9.17) is 14.3 Å². The number of nitrogens with one attached hydrogen (secondary N) is 1. The van der Waals surface area contributed by atoms with Gasteiger partial charge < -0.3 is 19.3 Å². The highest BCUT2D eigenvalue weighted by Gasteiger charge is 2.25. The highest BCUT2D eigenvalue weighted by molar-refractivity contribution is 7.84. The number of pyridine rings is 2. The van der Waals surface area contributed by atoms with Crippen LogP contribution in [0.15, 0.2) is 23.5 Å². The maximum Gasteiger partial charge on any atom is 0.215 e. The lowest BCUT2D eigenvalue weighted by Crippen LogP contribution is -2.25. The van der Waals surface area contributed by atoms with Gasteiger partial charge in [-0.15, -0.1) is 5.06 Å². The minimum absolute atomic E-state index is 0.234. The summed E-state index contributed by atoms with van der Waals surface area (Å²) in [5.41, 5.74) is 3.81. The molecule has 0 fully saturated rings. The molecule has 0 radical (unpaired) electrons. The van der Waals surface area contributed by atoms with Crippen molar-refractivity contribution in [3.8, 4) is 11.6 Å². The summed E-state index contributed by atoms with van der Waals surface area (Å²) < 4.78 is 23.0. The second-order valence-corrected chi connectivity index (χ2v) is 7.75. The van der Waals surface area contributed by atoms with Crippen LogP contribution in [-0.4, -0.2) is 56.6 Å². The Morgan fingerprint density at radius 2 is 2.18 bits per heavy atom. The number of hydrogen-bond acceptors (Lipinski definition) is 8. The van der Waals surface area contributed by atoms with Gasteiger partial charge in [-0.3, -0.25) is 9.19 Å². The summed E-state index contributed by atoms with van der Waals surface area (Å²) in [5, 5.41) is 2.20. The topological polar surface area (TPSA) is 102 Å². The molecule has 0 saturated heterocycles. The molecule has 3 aromatic rings. The lowest BCUT2D eigenvalue weighted by atomic mass is 10.1. The van der Waals surface area contributed by atoms with Crippen molar-refractivity contribution < 1.29 is 18.5 Å². The number of nitrogens with zero attached hydrogens (tertiary/aromatic N) is 4. The minimum Gasteiger partial charge on any atom is -0.481 e. The molecule has 0 aliphatic carbocycles. The van der Waals surface area contributed by atoms with Crippen molar-refractivity contribution in [2.75, 3.05) is 27.4 Å².